The zero-order valence-electron chi connectivity index (χ0n) is 12.4. The molecule has 1 aliphatic heterocycles. The van der Waals surface area contributed by atoms with Gasteiger partial charge in [0.2, 0.25) is 5.91 Å². The number of hydrogen-bond acceptors (Lipinski definition) is 4. The van der Waals surface area contributed by atoms with E-state index in [0.29, 0.717) is 17.0 Å². The van der Waals surface area contributed by atoms with Crippen LogP contribution in [-0.4, -0.2) is 20.1 Å². The summed E-state index contributed by atoms with van der Waals surface area (Å²) >= 11 is 1.49. The average molecular weight is 348 g/mol. The van der Waals surface area contributed by atoms with Crippen LogP contribution in [0.4, 0.5) is 5.69 Å². The molecule has 0 unspecified atom stereocenters. The zero-order valence-corrected chi connectivity index (χ0v) is 14.1. The number of anilines is 1. The van der Waals surface area contributed by atoms with E-state index in [4.69, 9.17) is 0 Å². The van der Waals surface area contributed by atoms with Gasteiger partial charge in [-0.2, -0.15) is 0 Å². The number of benzene rings is 2. The summed E-state index contributed by atoms with van der Waals surface area (Å²) in [6.07, 6.45) is 0. The van der Waals surface area contributed by atoms with Gasteiger partial charge >= 0.3 is 0 Å². The molecule has 2 aromatic rings. The lowest BCUT2D eigenvalue weighted by Crippen LogP contribution is -2.19. The van der Waals surface area contributed by atoms with Gasteiger partial charge in [0.05, 0.1) is 10.6 Å². The van der Waals surface area contributed by atoms with Crippen LogP contribution in [0.25, 0.3) is 0 Å². The van der Waals surface area contributed by atoms with E-state index in [1.807, 2.05) is 6.07 Å². The van der Waals surface area contributed by atoms with Gasteiger partial charge in [-0.05, 0) is 36.2 Å². The second-order valence-electron chi connectivity index (χ2n) is 5.26. The average Bonchev–Trinajstić information content (AvgIpc) is 2.94. The predicted octanol–water partition coefficient (Wildman–Crippen LogP) is 2.66. The first-order valence-corrected chi connectivity index (χ1v) is 9.58. The predicted molar refractivity (Wildman–Crippen MR) is 91.8 cm³/mol. The van der Waals surface area contributed by atoms with Crippen molar-refractivity contribution in [2.45, 2.75) is 17.2 Å². The number of aryl methyl sites for hydroxylation is 1. The van der Waals surface area contributed by atoms with E-state index in [0.717, 1.165) is 5.56 Å². The number of hydrogen-bond donors (Lipinski definition) is 2. The van der Waals surface area contributed by atoms with Crippen LogP contribution in [0.2, 0.25) is 0 Å². The van der Waals surface area contributed by atoms with Gasteiger partial charge < -0.3 is 5.32 Å². The topological polar surface area (TPSA) is 75.3 Å². The van der Waals surface area contributed by atoms with Crippen LogP contribution >= 0.6 is 11.8 Å². The molecule has 1 atom stereocenters. The highest BCUT2D eigenvalue weighted by molar-refractivity contribution is 8.00. The summed E-state index contributed by atoms with van der Waals surface area (Å²) in [7, 11) is -3.64. The number of amides is 1. The molecule has 1 saturated heterocycles. The monoisotopic (exact) mass is 348 g/mol. The Balaban J connectivity index is 1.86. The Morgan fingerprint density at radius 2 is 1.96 bits per heavy atom. The Hall–Kier alpha value is -1.99. The molecule has 2 aromatic carbocycles. The highest BCUT2D eigenvalue weighted by Crippen LogP contribution is 2.32. The summed E-state index contributed by atoms with van der Waals surface area (Å²) < 4.78 is 27.6. The molecule has 120 valence electrons. The third-order valence-corrected chi connectivity index (χ3v) is 6.19. The summed E-state index contributed by atoms with van der Waals surface area (Å²) in [4.78, 5) is 11.6. The Morgan fingerprint density at radius 3 is 2.65 bits per heavy atom. The molecule has 1 fully saturated rings. The van der Waals surface area contributed by atoms with Crippen LogP contribution in [0.15, 0.2) is 53.4 Å². The lowest BCUT2D eigenvalue weighted by molar-refractivity contribution is -0.118. The van der Waals surface area contributed by atoms with Crippen molar-refractivity contribution in [2.24, 2.45) is 0 Å². The van der Waals surface area contributed by atoms with Crippen LogP contribution in [-0.2, 0) is 14.8 Å². The molecular formula is C16H16N2O3S2. The molecule has 0 saturated carbocycles. The minimum atomic E-state index is -3.64. The summed E-state index contributed by atoms with van der Waals surface area (Å²) in [5, 5.41) is 2.71. The molecule has 3 rings (SSSR count). The van der Waals surface area contributed by atoms with Crippen molar-refractivity contribution in [3.63, 3.8) is 0 Å². The summed E-state index contributed by atoms with van der Waals surface area (Å²) in [5.74, 6) is 0.412. The number of nitrogens with one attached hydrogen (secondary N) is 2. The number of rotatable bonds is 4. The summed E-state index contributed by atoms with van der Waals surface area (Å²) in [6.45, 7) is 1.76. The van der Waals surface area contributed by atoms with Crippen molar-refractivity contribution < 1.29 is 13.2 Å². The smallest absolute Gasteiger partial charge is 0.262 e. The second-order valence-corrected chi connectivity index (χ2v) is 8.00. The molecule has 0 aromatic heterocycles. The second kappa shape index (κ2) is 6.25. The van der Waals surface area contributed by atoms with Crippen LogP contribution < -0.4 is 10.0 Å². The van der Waals surface area contributed by atoms with E-state index in [1.54, 1.807) is 49.4 Å². The highest BCUT2D eigenvalue weighted by Gasteiger charge is 2.23. The van der Waals surface area contributed by atoms with Gasteiger partial charge in [0, 0.05) is 5.69 Å². The van der Waals surface area contributed by atoms with Crippen LogP contribution in [0, 0.1) is 6.92 Å². The molecule has 0 bridgehead atoms. The van der Waals surface area contributed by atoms with Crippen molar-refractivity contribution in [1.82, 2.24) is 5.32 Å². The Kier molecular flexibility index (Phi) is 4.32. The van der Waals surface area contributed by atoms with Gasteiger partial charge in [0.15, 0.2) is 0 Å². The van der Waals surface area contributed by atoms with Crippen LogP contribution in [0.3, 0.4) is 0 Å². The standard InChI is InChI=1S/C16H16N2O3S2/c1-11-5-2-3-8-14(11)23(20,21)18-13-7-4-6-12(9-13)16-17-15(19)10-22-16/h2-9,16,18H,10H2,1H3,(H,17,19)/t16-/m0/s1. The first kappa shape index (κ1) is 15.9. The molecule has 0 radical (unpaired) electrons. The van der Waals surface area contributed by atoms with Gasteiger partial charge in [-0.1, -0.05) is 30.3 Å². The molecule has 0 spiro atoms. The number of thioether (sulfide) groups is 1. The van der Waals surface area contributed by atoms with E-state index in [1.165, 1.54) is 11.8 Å². The number of carbonyl (C=O) groups is 1. The van der Waals surface area contributed by atoms with Crippen molar-refractivity contribution in [3.05, 3.63) is 59.7 Å². The zero-order chi connectivity index (χ0) is 16.4. The van der Waals surface area contributed by atoms with Gasteiger partial charge in [-0.3, -0.25) is 9.52 Å². The first-order chi connectivity index (χ1) is 11.0. The fraction of sp³-hybridized carbons (Fsp3) is 0.188. The van der Waals surface area contributed by atoms with Gasteiger partial charge in [0.1, 0.15) is 5.37 Å². The fourth-order valence-electron chi connectivity index (χ4n) is 2.40. The van der Waals surface area contributed by atoms with Crippen LogP contribution in [0.1, 0.15) is 16.5 Å². The molecule has 7 heteroatoms. The fourth-order valence-corrected chi connectivity index (χ4v) is 4.65. The Morgan fingerprint density at radius 1 is 1.17 bits per heavy atom. The molecule has 23 heavy (non-hydrogen) atoms. The highest BCUT2D eigenvalue weighted by atomic mass is 32.2. The molecule has 1 amide bonds. The summed E-state index contributed by atoms with van der Waals surface area (Å²) in [5.41, 5.74) is 2.04. The molecule has 1 heterocycles. The van der Waals surface area contributed by atoms with E-state index in [2.05, 4.69) is 10.0 Å². The maximum Gasteiger partial charge on any atom is 0.262 e. The largest absolute Gasteiger partial charge is 0.339 e. The van der Waals surface area contributed by atoms with Crippen molar-refractivity contribution in [3.8, 4) is 0 Å². The Bertz CT molecular complexity index is 850. The van der Waals surface area contributed by atoms with E-state index in [-0.39, 0.29) is 16.2 Å². The lowest BCUT2D eigenvalue weighted by Gasteiger charge is -2.13. The number of sulfonamides is 1. The quantitative estimate of drug-likeness (QED) is 0.891. The molecule has 1 aliphatic rings. The van der Waals surface area contributed by atoms with E-state index < -0.39 is 10.0 Å². The normalized spacial score (nSPS) is 17.8. The van der Waals surface area contributed by atoms with Crippen LogP contribution in [0.5, 0.6) is 0 Å². The van der Waals surface area contributed by atoms with Crippen molar-refractivity contribution >= 4 is 33.4 Å². The summed E-state index contributed by atoms with van der Waals surface area (Å²) in [6, 6.07) is 13.9. The molecule has 5 nitrogen and oxygen atoms in total. The maximum absolute atomic E-state index is 12.5. The van der Waals surface area contributed by atoms with Gasteiger partial charge in [-0.25, -0.2) is 8.42 Å². The third kappa shape index (κ3) is 3.51. The maximum atomic E-state index is 12.5. The minimum absolute atomic E-state index is 0.00843. The van der Waals surface area contributed by atoms with Crippen molar-refractivity contribution in [2.75, 3.05) is 10.5 Å². The third-order valence-electron chi connectivity index (χ3n) is 3.50. The minimum Gasteiger partial charge on any atom is -0.339 e. The lowest BCUT2D eigenvalue weighted by atomic mass is 10.2. The first-order valence-electron chi connectivity index (χ1n) is 7.05. The van der Waals surface area contributed by atoms with Crippen molar-refractivity contribution in [1.29, 1.82) is 0 Å². The van der Waals surface area contributed by atoms with Gasteiger partial charge in [0.25, 0.3) is 10.0 Å². The SMILES string of the molecule is Cc1ccccc1S(=O)(=O)Nc1cccc([C@H]2NC(=O)CS2)c1. The van der Waals surface area contributed by atoms with E-state index >= 15 is 0 Å². The van der Waals surface area contributed by atoms with E-state index in [9.17, 15) is 13.2 Å². The number of carbonyl (C=O) groups excluding carboxylic acids is 1. The molecule has 2 N–H and O–H groups in total. The van der Waals surface area contributed by atoms with Gasteiger partial charge in [-0.15, -0.1) is 11.8 Å². The molecule has 0 aliphatic carbocycles. The Labute approximate surface area is 139 Å². The molecular weight excluding hydrogens is 332 g/mol.